The van der Waals surface area contributed by atoms with Crippen molar-refractivity contribution in [3.8, 4) is 55.6 Å². The van der Waals surface area contributed by atoms with Gasteiger partial charge in [-0.25, -0.2) is 0 Å². The summed E-state index contributed by atoms with van der Waals surface area (Å²) in [6.07, 6.45) is 11.0. The Morgan fingerprint density at radius 2 is 0.657 bits per heavy atom. The molecule has 0 spiro atoms. The average Bonchev–Trinajstić information content (AvgIpc) is 3.92. The highest BCUT2D eigenvalue weighted by Gasteiger charge is 2.59. The van der Waals surface area contributed by atoms with Crippen molar-refractivity contribution in [2.24, 2.45) is 0 Å². The van der Waals surface area contributed by atoms with Crippen LogP contribution < -0.4 is 9.80 Å². The fraction of sp³-hybridized carbons (Fsp3) is 0.262. The zero-order valence-electron chi connectivity index (χ0n) is 39.6. The Labute approximate surface area is 398 Å². The minimum Gasteiger partial charge on any atom is -0.334 e. The van der Waals surface area contributed by atoms with E-state index in [4.69, 9.17) is 0 Å². The van der Waals surface area contributed by atoms with Gasteiger partial charge in [0.1, 0.15) is 0 Å². The molecular formula is C65H60N2. The van der Waals surface area contributed by atoms with Crippen LogP contribution in [0.25, 0.3) is 55.6 Å². The van der Waals surface area contributed by atoms with Gasteiger partial charge in [-0.3, -0.25) is 0 Å². The summed E-state index contributed by atoms with van der Waals surface area (Å²) in [4.78, 5) is 5.33. The van der Waals surface area contributed by atoms with Crippen molar-refractivity contribution in [1.29, 1.82) is 0 Å². The van der Waals surface area contributed by atoms with Gasteiger partial charge < -0.3 is 9.80 Å². The van der Waals surface area contributed by atoms with Crippen LogP contribution in [0.2, 0.25) is 0 Å². The zero-order chi connectivity index (χ0) is 45.1. The highest BCUT2D eigenvalue weighted by molar-refractivity contribution is 5.87. The number of benzene rings is 8. The van der Waals surface area contributed by atoms with Gasteiger partial charge in [0.25, 0.3) is 0 Å². The third-order valence-corrected chi connectivity index (χ3v) is 18.2. The van der Waals surface area contributed by atoms with Crippen LogP contribution in [0.5, 0.6) is 0 Å². The van der Waals surface area contributed by atoms with E-state index >= 15 is 0 Å². The highest BCUT2D eigenvalue weighted by atomic mass is 15.3. The molecule has 0 N–H and O–H groups in total. The van der Waals surface area contributed by atoms with Gasteiger partial charge in [0.15, 0.2) is 0 Å². The summed E-state index contributed by atoms with van der Waals surface area (Å²) in [5.74, 6) is 0. The minimum absolute atomic E-state index is 0.0568. The maximum Gasteiger partial charge on any atom is 0.0517 e. The molecule has 0 aromatic heterocycles. The van der Waals surface area contributed by atoms with E-state index in [2.05, 4.69) is 219 Å². The molecule has 0 amide bonds. The van der Waals surface area contributed by atoms with Gasteiger partial charge in [-0.05, 0) is 185 Å². The fourth-order valence-corrected chi connectivity index (χ4v) is 14.0. The summed E-state index contributed by atoms with van der Waals surface area (Å²) in [6, 6.07) is 69.6. The molecule has 2 nitrogen and oxygen atoms in total. The Morgan fingerprint density at radius 1 is 0.328 bits per heavy atom. The van der Waals surface area contributed by atoms with Gasteiger partial charge in [0, 0.05) is 33.6 Å². The Hall–Kier alpha value is -6.64. The van der Waals surface area contributed by atoms with Crippen molar-refractivity contribution in [3.63, 3.8) is 0 Å². The van der Waals surface area contributed by atoms with E-state index < -0.39 is 0 Å². The smallest absolute Gasteiger partial charge is 0.0517 e. The molecule has 67 heavy (non-hydrogen) atoms. The summed E-state index contributed by atoms with van der Waals surface area (Å²) >= 11 is 0. The fourth-order valence-electron chi connectivity index (χ4n) is 14.0. The number of para-hydroxylation sites is 2. The molecule has 330 valence electrons. The number of nitrogens with zero attached hydrogens (tertiary/aromatic N) is 2. The van der Waals surface area contributed by atoms with E-state index in [1.54, 1.807) is 0 Å². The Balaban J connectivity index is 0.770. The number of hydrogen-bond acceptors (Lipinski definition) is 2. The predicted molar refractivity (Wildman–Crippen MR) is 282 cm³/mol. The second kappa shape index (κ2) is 14.9. The lowest BCUT2D eigenvalue weighted by atomic mass is 9.61. The SMILES string of the molecule is CC12CCCCC1(C)N(c1ccccc1)c1ccc(-c3ccc(-c4ccc5c(c4)-c4cc(-c6ccc(-c7ccc8c(c7)C7(C)CCCCC7(C)N8c7ccccc7)cc6)ccc4C5)cc3)cc12. The van der Waals surface area contributed by atoms with Gasteiger partial charge in [0.05, 0.1) is 11.1 Å². The number of rotatable bonds is 6. The van der Waals surface area contributed by atoms with Crippen LogP contribution in [0, 0.1) is 0 Å². The Morgan fingerprint density at radius 3 is 1.04 bits per heavy atom. The van der Waals surface area contributed by atoms with Crippen molar-refractivity contribution in [1.82, 2.24) is 0 Å². The standard InChI is InChI=1S/C65H60N2/c1-62-35-11-13-37-64(62,3)66(54-15-7-5-8-16-54)60-33-31-50(42-58(60)62)46-23-19-44(20-24-46)48-27-29-52-39-53-30-28-49(41-57(53)56(52)40-48)45-21-25-47(26-22-45)51-32-34-61-59(43-51)63(2)36-12-14-38-65(63,4)67(61)55-17-9-6-10-18-55/h5-10,15-34,40-43H,11-14,35-39H2,1-4H3. The molecule has 2 heteroatoms. The molecule has 0 saturated heterocycles. The van der Waals surface area contributed by atoms with E-state index in [1.165, 1.54) is 152 Å². The van der Waals surface area contributed by atoms with Gasteiger partial charge in [0.2, 0.25) is 0 Å². The Kier molecular flexibility index (Phi) is 9.05. The van der Waals surface area contributed by atoms with Gasteiger partial charge in [-0.1, -0.05) is 161 Å². The van der Waals surface area contributed by atoms with E-state index in [0.717, 1.165) is 6.42 Å². The first kappa shape index (κ1) is 40.6. The monoisotopic (exact) mass is 868 g/mol. The third-order valence-electron chi connectivity index (χ3n) is 18.2. The molecule has 0 bridgehead atoms. The molecule has 0 radical (unpaired) electrons. The predicted octanol–water partition coefficient (Wildman–Crippen LogP) is 17.4. The van der Waals surface area contributed by atoms with Crippen LogP contribution in [0.15, 0.2) is 182 Å². The second-order valence-corrected chi connectivity index (χ2v) is 21.5. The normalized spacial score (nSPS) is 24.4. The third kappa shape index (κ3) is 5.94. The first-order chi connectivity index (χ1) is 32.6. The van der Waals surface area contributed by atoms with Crippen LogP contribution in [0.1, 0.15) is 101 Å². The molecular weight excluding hydrogens is 809 g/mol. The topological polar surface area (TPSA) is 6.48 Å². The lowest BCUT2D eigenvalue weighted by Crippen LogP contribution is -2.54. The minimum atomic E-state index is 0.0568. The number of fused-ring (bicyclic) bond motifs is 9. The molecule has 2 heterocycles. The molecule has 4 atom stereocenters. The zero-order valence-corrected chi connectivity index (χ0v) is 39.6. The first-order valence-corrected chi connectivity index (χ1v) is 25.1. The molecule has 13 rings (SSSR count). The van der Waals surface area contributed by atoms with Crippen molar-refractivity contribution in [2.45, 2.75) is 107 Å². The van der Waals surface area contributed by atoms with Crippen molar-refractivity contribution >= 4 is 22.7 Å². The maximum atomic E-state index is 2.67. The van der Waals surface area contributed by atoms with Gasteiger partial charge in [-0.2, -0.15) is 0 Å². The number of hydrogen-bond donors (Lipinski definition) is 0. The second-order valence-electron chi connectivity index (χ2n) is 21.5. The number of anilines is 4. The largest absolute Gasteiger partial charge is 0.334 e. The Bertz CT molecular complexity index is 3000. The molecule has 8 aromatic rings. The molecule has 8 aromatic carbocycles. The summed E-state index contributed by atoms with van der Waals surface area (Å²) in [7, 11) is 0. The maximum absolute atomic E-state index is 2.67. The molecule has 2 saturated carbocycles. The van der Waals surface area contributed by atoms with Crippen LogP contribution in [0.3, 0.4) is 0 Å². The van der Waals surface area contributed by atoms with E-state index in [9.17, 15) is 0 Å². The molecule has 5 aliphatic rings. The van der Waals surface area contributed by atoms with Crippen LogP contribution in [-0.4, -0.2) is 11.1 Å². The molecule has 2 aliphatic heterocycles. The summed E-state index contributed by atoms with van der Waals surface area (Å²) in [5.41, 5.74) is 24.5. The molecule has 2 fully saturated rings. The van der Waals surface area contributed by atoms with Gasteiger partial charge >= 0.3 is 0 Å². The summed E-state index contributed by atoms with van der Waals surface area (Å²) in [6.45, 7) is 10.1. The van der Waals surface area contributed by atoms with Crippen LogP contribution in [-0.2, 0) is 17.3 Å². The first-order valence-electron chi connectivity index (χ1n) is 25.1. The summed E-state index contributed by atoms with van der Waals surface area (Å²) in [5, 5.41) is 0. The van der Waals surface area contributed by atoms with Crippen molar-refractivity contribution < 1.29 is 0 Å². The molecule has 3 aliphatic carbocycles. The summed E-state index contributed by atoms with van der Waals surface area (Å²) < 4.78 is 0. The van der Waals surface area contributed by atoms with E-state index in [0.29, 0.717) is 0 Å². The molecule has 4 unspecified atom stereocenters. The van der Waals surface area contributed by atoms with Gasteiger partial charge in [-0.15, -0.1) is 0 Å². The average molecular weight is 869 g/mol. The highest BCUT2D eigenvalue weighted by Crippen LogP contribution is 2.63. The van der Waals surface area contributed by atoms with Crippen LogP contribution in [0.4, 0.5) is 22.7 Å². The van der Waals surface area contributed by atoms with E-state index in [-0.39, 0.29) is 21.9 Å². The van der Waals surface area contributed by atoms with Crippen LogP contribution >= 0.6 is 0 Å². The lowest BCUT2D eigenvalue weighted by molar-refractivity contribution is 0.195. The van der Waals surface area contributed by atoms with E-state index in [1.807, 2.05) is 0 Å². The van der Waals surface area contributed by atoms with Crippen molar-refractivity contribution in [3.05, 3.63) is 204 Å². The van der Waals surface area contributed by atoms with Crippen molar-refractivity contribution in [2.75, 3.05) is 9.80 Å². The quantitative estimate of drug-likeness (QED) is 0.164. The lowest BCUT2D eigenvalue weighted by Gasteiger charge is -2.50.